The number of methoxy groups -OCH3 is 2. The molecule has 1 amide bonds. The first-order valence-electron chi connectivity index (χ1n) is 6.59. The Kier molecular flexibility index (Phi) is 5.59. The minimum Gasteiger partial charge on any atom is -0.507 e. The Morgan fingerprint density at radius 1 is 1.22 bits per heavy atom. The van der Waals surface area contributed by atoms with Crippen molar-refractivity contribution >= 4 is 28.1 Å². The lowest BCUT2D eigenvalue weighted by molar-refractivity contribution is 0.0952. The molecular weight excluding hydrogens is 364 g/mol. The summed E-state index contributed by atoms with van der Waals surface area (Å²) in [5.41, 5.74) is 3.19. The van der Waals surface area contributed by atoms with Crippen molar-refractivity contribution in [3.8, 4) is 17.2 Å². The third kappa shape index (κ3) is 4.23. The Morgan fingerprint density at radius 2 is 2.00 bits per heavy atom. The fourth-order valence-electron chi connectivity index (χ4n) is 1.84. The molecule has 0 saturated heterocycles. The van der Waals surface area contributed by atoms with Crippen molar-refractivity contribution in [3.05, 3.63) is 52.0 Å². The molecule has 0 aliphatic heterocycles. The molecule has 0 saturated carbocycles. The summed E-state index contributed by atoms with van der Waals surface area (Å²) in [4.78, 5) is 12.1. The number of ether oxygens (including phenoxy) is 2. The second-order valence-electron chi connectivity index (χ2n) is 4.47. The van der Waals surface area contributed by atoms with E-state index in [9.17, 15) is 9.90 Å². The van der Waals surface area contributed by atoms with Crippen molar-refractivity contribution in [2.24, 2.45) is 5.10 Å². The van der Waals surface area contributed by atoms with Crippen molar-refractivity contribution in [2.75, 3.05) is 14.2 Å². The Balaban J connectivity index is 2.13. The summed E-state index contributed by atoms with van der Waals surface area (Å²) in [6, 6.07) is 9.76. The number of amides is 1. The van der Waals surface area contributed by atoms with Crippen LogP contribution in [0, 0.1) is 0 Å². The van der Waals surface area contributed by atoms with Gasteiger partial charge in [0, 0.05) is 16.1 Å². The molecule has 0 atom stereocenters. The summed E-state index contributed by atoms with van der Waals surface area (Å²) >= 11 is 3.30. The van der Waals surface area contributed by atoms with Gasteiger partial charge < -0.3 is 14.6 Å². The second kappa shape index (κ2) is 7.64. The Hall–Kier alpha value is -2.54. The van der Waals surface area contributed by atoms with Gasteiger partial charge in [0.05, 0.1) is 26.0 Å². The smallest absolute Gasteiger partial charge is 0.275 e. The normalized spacial score (nSPS) is 10.6. The van der Waals surface area contributed by atoms with Crippen LogP contribution in [0.5, 0.6) is 17.2 Å². The molecular formula is C16H15BrN2O4. The molecule has 0 spiro atoms. The first kappa shape index (κ1) is 16.8. The number of nitrogens with one attached hydrogen (secondary N) is 1. The molecule has 0 aliphatic carbocycles. The van der Waals surface area contributed by atoms with Gasteiger partial charge in [-0.25, -0.2) is 5.43 Å². The van der Waals surface area contributed by atoms with Crippen molar-refractivity contribution in [1.29, 1.82) is 0 Å². The van der Waals surface area contributed by atoms with E-state index in [0.29, 0.717) is 22.6 Å². The molecule has 0 radical (unpaired) electrons. The Bertz CT molecular complexity index is 747. The summed E-state index contributed by atoms with van der Waals surface area (Å²) in [5.74, 6) is 0.590. The number of hydrogen-bond donors (Lipinski definition) is 2. The summed E-state index contributed by atoms with van der Waals surface area (Å²) in [7, 11) is 3.00. The number of carbonyl (C=O) groups is 1. The maximum atomic E-state index is 12.1. The van der Waals surface area contributed by atoms with E-state index in [1.807, 2.05) is 0 Å². The average Bonchev–Trinajstić information content (AvgIpc) is 2.57. The highest BCUT2D eigenvalue weighted by molar-refractivity contribution is 9.10. The molecule has 0 heterocycles. The van der Waals surface area contributed by atoms with Gasteiger partial charge in [-0.2, -0.15) is 5.10 Å². The Labute approximate surface area is 141 Å². The highest BCUT2D eigenvalue weighted by Gasteiger charge is 2.12. The Morgan fingerprint density at radius 3 is 2.70 bits per heavy atom. The van der Waals surface area contributed by atoms with Gasteiger partial charge in [-0.1, -0.05) is 15.9 Å². The van der Waals surface area contributed by atoms with Gasteiger partial charge in [0.1, 0.15) is 17.2 Å². The molecule has 23 heavy (non-hydrogen) atoms. The van der Waals surface area contributed by atoms with Crippen LogP contribution in [0.1, 0.15) is 15.9 Å². The third-order valence-corrected chi connectivity index (χ3v) is 3.51. The van der Waals surface area contributed by atoms with Crippen molar-refractivity contribution in [2.45, 2.75) is 0 Å². The first-order valence-corrected chi connectivity index (χ1v) is 7.38. The lowest BCUT2D eigenvalue weighted by Crippen LogP contribution is -2.18. The molecule has 0 aliphatic rings. The first-order chi connectivity index (χ1) is 11.0. The molecule has 0 aromatic heterocycles. The maximum absolute atomic E-state index is 12.1. The molecule has 2 N–H and O–H groups in total. The van der Waals surface area contributed by atoms with E-state index in [1.165, 1.54) is 26.5 Å². The van der Waals surface area contributed by atoms with Gasteiger partial charge in [0.15, 0.2) is 0 Å². The zero-order chi connectivity index (χ0) is 16.8. The lowest BCUT2D eigenvalue weighted by Gasteiger charge is -2.08. The average molecular weight is 379 g/mol. The number of nitrogens with zero attached hydrogens (tertiary/aromatic N) is 1. The minimum absolute atomic E-state index is 0.0632. The van der Waals surface area contributed by atoms with E-state index >= 15 is 0 Å². The largest absolute Gasteiger partial charge is 0.507 e. The minimum atomic E-state index is -0.435. The zero-order valence-corrected chi connectivity index (χ0v) is 14.1. The van der Waals surface area contributed by atoms with Crippen LogP contribution in [0.15, 0.2) is 46.0 Å². The second-order valence-corrected chi connectivity index (χ2v) is 5.38. The van der Waals surface area contributed by atoms with Gasteiger partial charge >= 0.3 is 0 Å². The summed E-state index contributed by atoms with van der Waals surface area (Å²) in [6.45, 7) is 0. The number of carbonyl (C=O) groups excluding carboxylic acids is 1. The third-order valence-electron chi connectivity index (χ3n) is 3.01. The number of hydrogen-bond acceptors (Lipinski definition) is 5. The number of hydrazone groups is 1. The van der Waals surface area contributed by atoms with Crippen LogP contribution in [-0.2, 0) is 0 Å². The molecule has 0 unspecified atom stereocenters. The summed E-state index contributed by atoms with van der Waals surface area (Å²) < 4.78 is 11.0. The fourth-order valence-corrected chi connectivity index (χ4v) is 2.21. The van der Waals surface area contributed by atoms with Crippen LogP contribution in [0.3, 0.4) is 0 Å². The highest BCUT2D eigenvalue weighted by atomic mass is 79.9. The van der Waals surface area contributed by atoms with Gasteiger partial charge in [-0.3, -0.25) is 4.79 Å². The molecule has 7 heteroatoms. The van der Waals surface area contributed by atoms with Crippen LogP contribution >= 0.6 is 15.9 Å². The van der Waals surface area contributed by atoms with E-state index in [-0.39, 0.29) is 5.75 Å². The van der Waals surface area contributed by atoms with Crippen molar-refractivity contribution < 1.29 is 19.4 Å². The molecule has 2 aromatic carbocycles. The standard InChI is InChI=1S/C16H15BrN2O4/c1-22-12-4-5-13(15(8-12)23-2)16(21)19-18-9-10-7-11(17)3-6-14(10)20/h3-9,20H,1-2H3,(H,19,21). The molecule has 0 bridgehead atoms. The number of phenolic OH excluding ortho intramolecular Hbond substituents is 1. The molecule has 6 nitrogen and oxygen atoms in total. The predicted octanol–water partition coefficient (Wildman–Crippen LogP) is 2.94. The van der Waals surface area contributed by atoms with Crippen molar-refractivity contribution in [3.63, 3.8) is 0 Å². The number of benzene rings is 2. The van der Waals surface area contributed by atoms with Gasteiger partial charge in [-0.15, -0.1) is 0 Å². The predicted molar refractivity (Wildman–Crippen MR) is 90.4 cm³/mol. The number of rotatable bonds is 5. The van der Waals surface area contributed by atoms with Gasteiger partial charge in [0.25, 0.3) is 5.91 Å². The SMILES string of the molecule is COc1ccc(C(=O)NN=Cc2cc(Br)ccc2O)c(OC)c1. The quantitative estimate of drug-likeness (QED) is 0.619. The van der Waals surface area contributed by atoms with Crippen LogP contribution < -0.4 is 14.9 Å². The molecule has 0 fully saturated rings. The van der Waals surface area contributed by atoms with E-state index in [2.05, 4.69) is 26.5 Å². The fraction of sp³-hybridized carbons (Fsp3) is 0.125. The van der Waals surface area contributed by atoms with Gasteiger partial charge in [0.2, 0.25) is 0 Å². The van der Waals surface area contributed by atoms with Gasteiger partial charge in [-0.05, 0) is 30.3 Å². The topological polar surface area (TPSA) is 80.2 Å². The monoisotopic (exact) mass is 378 g/mol. The summed E-state index contributed by atoms with van der Waals surface area (Å²) in [5, 5.41) is 13.5. The maximum Gasteiger partial charge on any atom is 0.275 e. The number of halogens is 1. The van der Waals surface area contributed by atoms with Crippen LogP contribution in [-0.4, -0.2) is 31.4 Å². The van der Waals surface area contributed by atoms with Crippen molar-refractivity contribution in [1.82, 2.24) is 5.43 Å². The zero-order valence-electron chi connectivity index (χ0n) is 12.5. The number of aromatic hydroxyl groups is 1. The molecule has 2 aromatic rings. The molecule has 2 rings (SSSR count). The van der Waals surface area contributed by atoms with Crippen LogP contribution in [0.4, 0.5) is 0 Å². The van der Waals surface area contributed by atoms with E-state index in [4.69, 9.17) is 9.47 Å². The lowest BCUT2D eigenvalue weighted by atomic mass is 10.2. The molecule has 120 valence electrons. The highest BCUT2D eigenvalue weighted by Crippen LogP contribution is 2.24. The van der Waals surface area contributed by atoms with Crippen LogP contribution in [0.2, 0.25) is 0 Å². The van der Waals surface area contributed by atoms with E-state index in [0.717, 1.165) is 4.47 Å². The van der Waals surface area contributed by atoms with E-state index < -0.39 is 5.91 Å². The number of phenols is 1. The van der Waals surface area contributed by atoms with E-state index in [1.54, 1.807) is 30.3 Å². The summed E-state index contributed by atoms with van der Waals surface area (Å²) in [6.07, 6.45) is 1.36. The van der Waals surface area contributed by atoms with Crippen LogP contribution in [0.25, 0.3) is 0 Å².